The molecule has 0 aromatic carbocycles. The van der Waals surface area contributed by atoms with Gasteiger partial charge in [-0.2, -0.15) is 0 Å². The predicted molar refractivity (Wildman–Crippen MR) is 126 cm³/mol. The highest BCUT2D eigenvalue weighted by molar-refractivity contribution is 6.05. The van der Waals surface area contributed by atoms with E-state index < -0.39 is 0 Å². The second-order valence-electron chi connectivity index (χ2n) is 8.52. The van der Waals surface area contributed by atoms with Crippen molar-refractivity contribution < 1.29 is 4.74 Å². The van der Waals surface area contributed by atoms with Gasteiger partial charge in [0.05, 0.1) is 11.7 Å². The number of pyridine rings is 1. The molecule has 6 heteroatoms. The molecule has 1 N–H and O–H groups in total. The summed E-state index contributed by atoms with van der Waals surface area (Å²) in [6.45, 7) is 11.5. The number of rotatable bonds is 6. The zero-order valence-corrected chi connectivity index (χ0v) is 19.0. The van der Waals surface area contributed by atoms with Crippen LogP contribution in [0.3, 0.4) is 0 Å². The minimum absolute atomic E-state index is 0.131. The Kier molecular flexibility index (Phi) is 8.16. The summed E-state index contributed by atoms with van der Waals surface area (Å²) in [5.74, 6) is 1.53. The normalized spacial score (nSPS) is 24.2. The third-order valence-electron chi connectivity index (χ3n) is 6.31. The number of ether oxygens (including phenoxy) is 1. The number of hydrogen-bond acceptors (Lipinski definition) is 5. The van der Waals surface area contributed by atoms with Gasteiger partial charge in [0, 0.05) is 44.2 Å². The van der Waals surface area contributed by atoms with Gasteiger partial charge in [0.1, 0.15) is 5.82 Å². The van der Waals surface area contributed by atoms with Gasteiger partial charge >= 0.3 is 0 Å². The molecule has 1 saturated heterocycles. The Morgan fingerprint density at radius 3 is 2.73 bits per heavy atom. The summed E-state index contributed by atoms with van der Waals surface area (Å²) < 4.78 is 5.92. The molecule has 2 aliphatic rings. The second kappa shape index (κ2) is 10.8. The fraction of sp³-hybridized carbons (Fsp3) is 0.625. The number of methoxy groups -OCH3 is 1. The molecule has 1 aliphatic heterocycles. The molecule has 1 aromatic rings. The van der Waals surface area contributed by atoms with E-state index in [0.29, 0.717) is 17.9 Å². The van der Waals surface area contributed by atoms with E-state index in [0.717, 1.165) is 42.2 Å². The highest BCUT2D eigenvalue weighted by atomic mass is 16.5. The number of amidine groups is 1. The number of hydrogen-bond donors (Lipinski definition) is 1. The summed E-state index contributed by atoms with van der Waals surface area (Å²) in [6, 6.07) is 3.13. The zero-order chi connectivity index (χ0) is 21.5. The smallest absolute Gasteiger partial charge is 0.162 e. The van der Waals surface area contributed by atoms with Crippen LogP contribution in [0.15, 0.2) is 34.0 Å². The third kappa shape index (κ3) is 5.55. The summed E-state index contributed by atoms with van der Waals surface area (Å²) in [6.07, 6.45) is 11.7. The molecule has 2 atom stereocenters. The van der Waals surface area contributed by atoms with Gasteiger partial charge in [-0.05, 0) is 58.4 Å². The van der Waals surface area contributed by atoms with E-state index in [4.69, 9.17) is 9.72 Å². The summed E-state index contributed by atoms with van der Waals surface area (Å²) >= 11 is 0. The van der Waals surface area contributed by atoms with E-state index in [2.05, 4.69) is 33.0 Å². The Balaban J connectivity index is 1.81. The van der Waals surface area contributed by atoms with Crippen LogP contribution >= 0.6 is 0 Å². The number of nitrogens with zero attached hydrogens (tertiary/aromatic N) is 4. The molecule has 2 fully saturated rings. The second-order valence-corrected chi connectivity index (χ2v) is 8.52. The average Bonchev–Trinajstić information content (AvgIpc) is 2.78. The predicted octanol–water partition coefficient (Wildman–Crippen LogP) is 4.28. The van der Waals surface area contributed by atoms with Crippen molar-refractivity contribution in [2.75, 3.05) is 25.1 Å². The van der Waals surface area contributed by atoms with Crippen LogP contribution in [0.2, 0.25) is 0 Å². The molecule has 30 heavy (non-hydrogen) atoms. The first kappa shape index (κ1) is 22.6. The largest absolute Gasteiger partial charge is 0.378 e. The summed E-state index contributed by atoms with van der Waals surface area (Å²) in [4.78, 5) is 16.0. The molecule has 0 spiro atoms. The molecule has 1 saturated carbocycles. The van der Waals surface area contributed by atoms with E-state index >= 15 is 0 Å². The maximum absolute atomic E-state index is 5.92. The molecule has 1 aromatic heterocycles. The van der Waals surface area contributed by atoms with Crippen LogP contribution in [0, 0.1) is 6.92 Å². The quantitative estimate of drug-likeness (QED) is 0.561. The van der Waals surface area contributed by atoms with Gasteiger partial charge in [-0.3, -0.25) is 0 Å². The van der Waals surface area contributed by atoms with Crippen molar-refractivity contribution in [2.45, 2.75) is 77.5 Å². The van der Waals surface area contributed by atoms with Gasteiger partial charge in [0.25, 0.3) is 0 Å². The number of piperidine rings is 1. The van der Waals surface area contributed by atoms with Crippen LogP contribution in [0.4, 0.5) is 5.82 Å². The monoisotopic (exact) mass is 411 g/mol. The fourth-order valence-electron chi connectivity index (χ4n) is 4.50. The Labute approximate surface area is 181 Å². The van der Waals surface area contributed by atoms with E-state index in [-0.39, 0.29) is 6.10 Å². The van der Waals surface area contributed by atoms with Crippen molar-refractivity contribution in [2.24, 2.45) is 9.98 Å². The molecule has 2 unspecified atom stereocenters. The first-order valence-electron chi connectivity index (χ1n) is 11.2. The zero-order valence-electron chi connectivity index (χ0n) is 19.0. The van der Waals surface area contributed by atoms with E-state index in [9.17, 15) is 0 Å². The molecule has 3 rings (SSSR count). The SMILES string of the molecule is C=N/C(=N\C(C)=C/C)c1cc(C)cnc1N1CCC(NC2CCCCC2)C(OC)C1. The molecule has 6 nitrogen and oxygen atoms in total. The minimum Gasteiger partial charge on any atom is -0.378 e. The highest BCUT2D eigenvalue weighted by Crippen LogP contribution is 2.27. The molecule has 1 aliphatic carbocycles. The molecule has 2 heterocycles. The average molecular weight is 412 g/mol. The van der Waals surface area contributed by atoms with Crippen LogP contribution in [0.5, 0.6) is 0 Å². The van der Waals surface area contributed by atoms with Crippen molar-refractivity contribution >= 4 is 18.4 Å². The topological polar surface area (TPSA) is 62.1 Å². The van der Waals surface area contributed by atoms with Gasteiger partial charge in [0.2, 0.25) is 0 Å². The van der Waals surface area contributed by atoms with Crippen LogP contribution in [-0.4, -0.2) is 55.9 Å². The van der Waals surface area contributed by atoms with Crippen LogP contribution in [0.25, 0.3) is 0 Å². The third-order valence-corrected chi connectivity index (χ3v) is 6.31. The van der Waals surface area contributed by atoms with Gasteiger partial charge in [-0.15, -0.1) is 0 Å². The number of nitrogens with one attached hydrogen (secondary N) is 1. The summed E-state index contributed by atoms with van der Waals surface area (Å²) in [5.41, 5.74) is 2.93. The lowest BCUT2D eigenvalue weighted by molar-refractivity contribution is 0.0534. The van der Waals surface area contributed by atoms with Crippen molar-refractivity contribution in [3.05, 3.63) is 35.2 Å². The van der Waals surface area contributed by atoms with Gasteiger partial charge in [-0.25, -0.2) is 15.0 Å². The molecule has 0 amide bonds. The van der Waals surface area contributed by atoms with Crippen LogP contribution < -0.4 is 10.2 Å². The van der Waals surface area contributed by atoms with Crippen molar-refractivity contribution in [1.82, 2.24) is 10.3 Å². The molecule has 0 radical (unpaired) electrons. The van der Waals surface area contributed by atoms with Crippen LogP contribution in [-0.2, 0) is 4.74 Å². The Hall–Kier alpha value is -2.05. The fourth-order valence-corrected chi connectivity index (χ4v) is 4.50. The lowest BCUT2D eigenvalue weighted by Crippen LogP contribution is -2.56. The highest BCUT2D eigenvalue weighted by Gasteiger charge is 2.32. The van der Waals surface area contributed by atoms with Crippen molar-refractivity contribution in [1.29, 1.82) is 0 Å². The Morgan fingerprint density at radius 2 is 2.07 bits per heavy atom. The number of aryl methyl sites for hydroxylation is 1. The number of allylic oxidation sites excluding steroid dienone is 2. The summed E-state index contributed by atoms with van der Waals surface area (Å²) in [5, 5.41) is 3.89. The lowest BCUT2D eigenvalue weighted by atomic mass is 9.92. The van der Waals surface area contributed by atoms with E-state index in [1.54, 1.807) is 0 Å². The number of aromatic nitrogens is 1. The van der Waals surface area contributed by atoms with Crippen molar-refractivity contribution in [3.8, 4) is 0 Å². The van der Waals surface area contributed by atoms with Gasteiger partial charge in [0.15, 0.2) is 5.84 Å². The Morgan fingerprint density at radius 1 is 1.30 bits per heavy atom. The van der Waals surface area contributed by atoms with Gasteiger partial charge in [-0.1, -0.05) is 25.3 Å². The molecule has 164 valence electrons. The van der Waals surface area contributed by atoms with Gasteiger partial charge < -0.3 is 15.0 Å². The molecular formula is C24H37N5O. The summed E-state index contributed by atoms with van der Waals surface area (Å²) in [7, 11) is 1.82. The molecule has 0 bridgehead atoms. The first-order chi connectivity index (χ1) is 14.5. The molecular weight excluding hydrogens is 374 g/mol. The lowest BCUT2D eigenvalue weighted by Gasteiger charge is -2.41. The van der Waals surface area contributed by atoms with Crippen molar-refractivity contribution in [3.63, 3.8) is 0 Å². The minimum atomic E-state index is 0.131. The standard InChI is InChI=1S/C24H37N5O/c1-6-18(3)27-23(25-4)20-14-17(2)15-26-24(20)29-13-12-21(22(16-29)30-5)28-19-10-8-7-9-11-19/h6,14-15,19,21-22,28H,4,7-13,16H2,1-3,5H3/b18-6-,27-23-. The Bertz CT molecular complexity index is 782. The number of aliphatic imine (C=N–C) groups is 2. The van der Waals surface area contributed by atoms with E-state index in [1.165, 1.54) is 32.1 Å². The van der Waals surface area contributed by atoms with E-state index in [1.807, 2.05) is 40.2 Å². The van der Waals surface area contributed by atoms with Crippen LogP contribution in [0.1, 0.15) is 63.5 Å². The maximum Gasteiger partial charge on any atom is 0.162 e. The maximum atomic E-state index is 5.92. The first-order valence-corrected chi connectivity index (χ1v) is 11.2. The number of anilines is 1.